The van der Waals surface area contributed by atoms with Crippen molar-refractivity contribution >= 4 is 106 Å². The third kappa shape index (κ3) is 9.89. The molecule has 0 unspecified atom stereocenters. The van der Waals surface area contributed by atoms with Crippen LogP contribution in [0.25, 0.3) is 82.8 Å². The summed E-state index contributed by atoms with van der Waals surface area (Å²) in [6.45, 7) is 2.29. The lowest BCUT2D eigenvalue weighted by Crippen LogP contribution is -2.10. The van der Waals surface area contributed by atoms with Gasteiger partial charge in [0.2, 0.25) is 0 Å². The van der Waals surface area contributed by atoms with Crippen LogP contribution >= 0.6 is 22.6 Å². The van der Waals surface area contributed by atoms with Gasteiger partial charge in [-0.15, -0.1) is 0 Å². The Morgan fingerprint density at radius 1 is 0.325 bits per heavy atom. The molecular weight excluding hydrogens is 1120 g/mol. The Morgan fingerprint density at radius 2 is 0.614 bits per heavy atom. The van der Waals surface area contributed by atoms with E-state index in [-0.39, 0.29) is 5.92 Å². The van der Waals surface area contributed by atoms with Gasteiger partial charge >= 0.3 is 0 Å². The number of aromatic nitrogens is 2. The van der Waals surface area contributed by atoms with Crippen LogP contribution in [0.15, 0.2) is 320 Å². The van der Waals surface area contributed by atoms with Crippen LogP contribution in [-0.2, 0) is 0 Å². The Hall–Kier alpha value is -9.95. The van der Waals surface area contributed by atoms with E-state index in [9.17, 15) is 0 Å². The number of halogens is 1. The molecule has 0 amide bonds. The quantitative estimate of drug-likeness (QED) is 0.0797. The number of benzene rings is 12. The summed E-state index contributed by atoms with van der Waals surface area (Å²) >= 11 is 2.34. The molecule has 2 aromatic heterocycles. The van der Waals surface area contributed by atoms with Crippen molar-refractivity contribution in [2.45, 2.75) is 12.8 Å². The highest BCUT2D eigenvalue weighted by Crippen LogP contribution is 2.41. The highest BCUT2D eigenvalue weighted by atomic mass is 127. The smallest absolute Gasteiger partial charge is 0.0541 e. The summed E-state index contributed by atoms with van der Waals surface area (Å²) < 4.78 is 6.84. The van der Waals surface area contributed by atoms with Crippen molar-refractivity contribution in [3.63, 3.8) is 0 Å². The van der Waals surface area contributed by atoms with Crippen LogP contribution in [0.5, 0.6) is 0 Å². The molecule has 14 aromatic rings. The third-order valence-electron chi connectivity index (χ3n) is 16.2. The molecule has 0 spiro atoms. The molecule has 0 radical (unpaired) electrons. The Morgan fingerprint density at radius 3 is 0.964 bits per heavy atom. The van der Waals surface area contributed by atoms with Crippen LogP contribution in [0.4, 0.5) is 34.1 Å². The lowest BCUT2D eigenvalue weighted by atomic mass is 9.95. The maximum atomic E-state index is 2.38. The highest BCUT2D eigenvalue weighted by molar-refractivity contribution is 14.1. The first kappa shape index (κ1) is 51.2. The van der Waals surface area contributed by atoms with Crippen molar-refractivity contribution in [2.75, 3.05) is 9.80 Å². The van der Waals surface area contributed by atoms with Gasteiger partial charge < -0.3 is 18.9 Å². The van der Waals surface area contributed by atoms with Gasteiger partial charge in [0.05, 0.1) is 22.1 Å². The monoisotopic (exact) mass is 1180 g/mol. The number of anilines is 6. The Labute approximate surface area is 498 Å². The van der Waals surface area contributed by atoms with Crippen molar-refractivity contribution in [3.05, 3.63) is 331 Å². The van der Waals surface area contributed by atoms with E-state index in [1.165, 1.54) is 77.0 Å². The molecule has 0 bridgehead atoms. The van der Waals surface area contributed by atoms with Crippen molar-refractivity contribution in [1.29, 1.82) is 0 Å². The van der Waals surface area contributed by atoms with Crippen molar-refractivity contribution in [2.24, 2.45) is 0 Å². The number of nitrogens with zero attached hydrogens (tertiary/aromatic N) is 4. The minimum atomic E-state index is 0.154. The van der Waals surface area contributed by atoms with Gasteiger partial charge in [0.1, 0.15) is 0 Å². The van der Waals surface area contributed by atoms with Crippen LogP contribution in [0, 0.1) is 0 Å². The highest BCUT2D eigenvalue weighted by Gasteiger charge is 2.18. The third-order valence-corrected chi connectivity index (χ3v) is 16.5. The van der Waals surface area contributed by atoms with E-state index in [2.05, 4.69) is 368 Å². The second kappa shape index (κ2) is 22.5. The molecule has 1 atom stereocenters. The summed E-state index contributed by atoms with van der Waals surface area (Å²) in [6.07, 6.45) is 4.59. The number of hydrogen-bond donors (Lipinski definition) is 0. The van der Waals surface area contributed by atoms with E-state index >= 15 is 0 Å². The molecule has 396 valence electrons. The van der Waals surface area contributed by atoms with Gasteiger partial charge in [0.15, 0.2) is 0 Å². The molecule has 83 heavy (non-hydrogen) atoms. The fourth-order valence-electron chi connectivity index (χ4n) is 12.1. The van der Waals surface area contributed by atoms with E-state index in [0.717, 1.165) is 51.1 Å². The minimum absolute atomic E-state index is 0.154. The first-order chi connectivity index (χ1) is 41.0. The van der Waals surface area contributed by atoms with Crippen LogP contribution in [0.2, 0.25) is 0 Å². The lowest BCUT2D eigenvalue weighted by Gasteiger charge is -2.26. The zero-order valence-corrected chi connectivity index (χ0v) is 48.0. The van der Waals surface area contributed by atoms with Gasteiger partial charge in [-0.3, -0.25) is 0 Å². The number of fused-ring (bicyclic) bond motifs is 6. The van der Waals surface area contributed by atoms with E-state index in [4.69, 9.17) is 0 Å². The average Bonchev–Trinajstić information content (AvgIpc) is 4.13. The van der Waals surface area contributed by atoms with Crippen LogP contribution < -0.4 is 9.80 Å². The summed E-state index contributed by atoms with van der Waals surface area (Å²) in [4.78, 5) is 4.67. The molecule has 0 saturated carbocycles. The van der Waals surface area contributed by atoms with Crippen LogP contribution in [0.1, 0.15) is 24.0 Å². The van der Waals surface area contributed by atoms with E-state index in [1.807, 2.05) is 0 Å². The van der Waals surface area contributed by atoms with Gasteiger partial charge in [0.25, 0.3) is 0 Å². The molecule has 14 rings (SSSR count). The van der Waals surface area contributed by atoms with Gasteiger partial charge in [-0.05, 0) is 176 Å². The second-order valence-electron chi connectivity index (χ2n) is 21.1. The number of rotatable bonds is 14. The summed E-state index contributed by atoms with van der Waals surface area (Å²) in [5, 5.41) is 5.07. The van der Waals surface area contributed by atoms with Gasteiger partial charge in [-0.2, -0.15) is 0 Å². The van der Waals surface area contributed by atoms with Gasteiger partial charge in [-0.1, -0.05) is 218 Å². The SMILES string of the molecule is C[C@H](/C=C(\C=C/I)c1ccc(N(c2ccccc2)c2ccc(-c3ccc(-n4c5ccccc5c5ccccc54)cc3)cc2)cc1)c1ccc(N(c2ccccc2)c2ccc(-c3ccc(-n4c5ccccc5c5ccccc54)cc3)cc2)cc1. The van der Waals surface area contributed by atoms with Gasteiger partial charge in [-0.25, -0.2) is 0 Å². The standard InChI is InChI=1S/C78H57IN4/c1-55(56-28-40-65(41-29-56)80(63-16-4-2-5-17-63)66-42-30-57(31-43-66)59-34-48-69(49-35-59)82-75-24-12-8-20-71(75)72-21-9-13-25-76(72)82)54-62(52-53-79)61-38-46-68(47-39-61)81(64-18-6-3-7-19-64)67-44-32-58(33-45-67)60-36-50-70(51-37-60)83-77-26-14-10-22-73(77)74-23-11-15-27-78(74)83/h2-55H,1H3/b53-52-,62-54+/t55-/m1/s1. The summed E-state index contributed by atoms with van der Waals surface area (Å²) in [5.41, 5.74) is 22.0. The summed E-state index contributed by atoms with van der Waals surface area (Å²) in [5.74, 6) is 0.154. The molecule has 0 aliphatic rings. The Bertz CT molecular complexity index is 4530. The first-order valence-electron chi connectivity index (χ1n) is 28.3. The second-order valence-corrected chi connectivity index (χ2v) is 21.8. The van der Waals surface area contributed by atoms with Crippen LogP contribution in [0.3, 0.4) is 0 Å². The molecule has 0 aliphatic carbocycles. The fraction of sp³-hybridized carbons (Fsp3) is 0.0256. The molecule has 5 heteroatoms. The Balaban J connectivity index is 0.693. The zero-order valence-electron chi connectivity index (χ0n) is 45.8. The maximum Gasteiger partial charge on any atom is 0.0541 e. The topological polar surface area (TPSA) is 16.3 Å². The molecule has 0 fully saturated rings. The average molecular weight is 1180 g/mol. The summed E-state index contributed by atoms with van der Waals surface area (Å²) in [7, 11) is 0. The molecule has 0 aliphatic heterocycles. The first-order valence-corrected chi connectivity index (χ1v) is 29.6. The largest absolute Gasteiger partial charge is 0.311 e. The zero-order chi connectivity index (χ0) is 55.6. The van der Waals surface area contributed by atoms with Crippen molar-refractivity contribution in [3.8, 4) is 33.6 Å². The van der Waals surface area contributed by atoms with E-state index < -0.39 is 0 Å². The molecule has 0 saturated heterocycles. The normalized spacial score (nSPS) is 12.2. The fourth-order valence-corrected chi connectivity index (χ4v) is 12.5. The Kier molecular flexibility index (Phi) is 13.9. The molecule has 12 aromatic carbocycles. The summed E-state index contributed by atoms with van der Waals surface area (Å²) in [6, 6.07) is 110. The molecular formula is C78H57IN4. The maximum absolute atomic E-state index is 2.38. The molecule has 4 nitrogen and oxygen atoms in total. The predicted molar refractivity (Wildman–Crippen MR) is 361 cm³/mol. The predicted octanol–water partition coefficient (Wildman–Crippen LogP) is 22.3. The molecule has 0 N–H and O–H groups in total. The number of para-hydroxylation sites is 6. The van der Waals surface area contributed by atoms with E-state index in [0.29, 0.717) is 0 Å². The van der Waals surface area contributed by atoms with Crippen molar-refractivity contribution in [1.82, 2.24) is 9.13 Å². The lowest BCUT2D eigenvalue weighted by molar-refractivity contribution is 0.969. The van der Waals surface area contributed by atoms with Crippen LogP contribution in [-0.4, -0.2) is 9.13 Å². The van der Waals surface area contributed by atoms with E-state index in [1.54, 1.807) is 0 Å². The number of hydrogen-bond acceptors (Lipinski definition) is 2. The molecule has 2 heterocycles. The number of allylic oxidation sites excluding steroid dienone is 3. The minimum Gasteiger partial charge on any atom is -0.311 e. The van der Waals surface area contributed by atoms with Gasteiger partial charge in [0, 0.05) is 67.0 Å². The van der Waals surface area contributed by atoms with Crippen molar-refractivity contribution < 1.29 is 0 Å².